The Morgan fingerprint density at radius 2 is 2.12 bits per heavy atom. The number of para-hydroxylation sites is 1. The maximum Gasteiger partial charge on any atom is 0.243 e. The highest BCUT2D eigenvalue weighted by Crippen LogP contribution is 2.27. The zero-order valence-electron chi connectivity index (χ0n) is 9.53. The van der Waals surface area contributed by atoms with Crippen LogP contribution in [-0.2, 0) is 11.4 Å². The molecule has 1 aromatic rings. The zero-order valence-corrected chi connectivity index (χ0v) is 9.53. The van der Waals surface area contributed by atoms with Crippen LogP contribution in [0.2, 0.25) is 0 Å². The van der Waals surface area contributed by atoms with Crippen molar-refractivity contribution in [2.45, 2.75) is 32.4 Å². The molecule has 1 aliphatic heterocycles. The summed E-state index contributed by atoms with van der Waals surface area (Å²) in [6.45, 7) is 3.89. The van der Waals surface area contributed by atoms with Crippen LogP contribution in [0, 0.1) is 0 Å². The van der Waals surface area contributed by atoms with Crippen LogP contribution in [0.15, 0.2) is 24.3 Å². The number of benzene rings is 1. The number of hydrazine groups is 1. The van der Waals surface area contributed by atoms with E-state index in [1.807, 2.05) is 38.1 Å². The van der Waals surface area contributed by atoms with Crippen molar-refractivity contribution in [3.05, 3.63) is 29.8 Å². The van der Waals surface area contributed by atoms with Crippen molar-refractivity contribution in [3.63, 3.8) is 0 Å². The third kappa shape index (κ3) is 1.94. The lowest BCUT2D eigenvalue weighted by Gasteiger charge is -2.23. The number of carbonyl (C=O) groups excluding carboxylic acids is 1. The van der Waals surface area contributed by atoms with Crippen LogP contribution in [0.25, 0.3) is 0 Å². The predicted octanol–water partition coefficient (Wildman–Crippen LogP) is 1.20. The van der Waals surface area contributed by atoms with Crippen LogP contribution in [0.5, 0.6) is 0 Å². The van der Waals surface area contributed by atoms with E-state index in [1.54, 1.807) is 0 Å². The van der Waals surface area contributed by atoms with E-state index in [9.17, 15) is 9.90 Å². The fourth-order valence-corrected chi connectivity index (χ4v) is 1.92. The van der Waals surface area contributed by atoms with Gasteiger partial charge in [-0.2, -0.15) is 0 Å². The predicted molar refractivity (Wildman–Crippen MR) is 61.7 cm³/mol. The summed E-state index contributed by atoms with van der Waals surface area (Å²) >= 11 is 0. The maximum absolute atomic E-state index is 11.8. The number of amides is 1. The number of nitrogens with zero attached hydrogens (tertiary/aromatic N) is 1. The van der Waals surface area contributed by atoms with Crippen LogP contribution in [-0.4, -0.2) is 16.6 Å². The minimum absolute atomic E-state index is 0.0332. The van der Waals surface area contributed by atoms with Crippen molar-refractivity contribution in [1.29, 1.82) is 0 Å². The van der Waals surface area contributed by atoms with Gasteiger partial charge in [-0.25, -0.2) is 10.4 Å². The van der Waals surface area contributed by atoms with Gasteiger partial charge < -0.3 is 5.11 Å². The molecular weight excluding hydrogens is 204 g/mol. The summed E-state index contributed by atoms with van der Waals surface area (Å²) in [6, 6.07) is 7.35. The molecule has 16 heavy (non-hydrogen) atoms. The molecule has 0 atom stereocenters. The number of aliphatic hydroxyl groups is 1. The molecule has 0 bridgehead atoms. The van der Waals surface area contributed by atoms with Gasteiger partial charge >= 0.3 is 0 Å². The Balaban J connectivity index is 2.35. The molecule has 0 spiro atoms. The lowest BCUT2D eigenvalue weighted by atomic mass is 10.0. The van der Waals surface area contributed by atoms with Crippen molar-refractivity contribution in [3.8, 4) is 0 Å². The molecule has 1 heterocycles. The first kappa shape index (κ1) is 11.1. The van der Waals surface area contributed by atoms with E-state index >= 15 is 0 Å². The first-order valence-corrected chi connectivity index (χ1v) is 5.33. The number of nitrogens with one attached hydrogen (secondary N) is 1. The standard InChI is InChI=1S/C12H16N2O2/c1-12(2)7-11(16)14(13-12)10-6-4-3-5-9(10)8-15/h3-6,13,15H,7-8H2,1-2H3. The van der Waals surface area contributed by atoms with Crippen molar-refractivity contribution in [1.82, 2.24) is 5.43 Å². The third-order valence-electron chi connectivity index (χ3n) is 2.66. The van der Waals surface area contributed by atoms with Crippen LogP contribution in [0.4, 0.5) is 5.69 Å². The van der Waals surface area contributed by atoms with Gasteiger partial charge in [-0.3, -0.25) is 4.79 Å². The Hall–Kier alpha value is -1.39. The van der Waals surface area contributed by atoms with Gasteiger partial charge in [-0.1, -0.05) is 18.2 Å². The summed E-state index contributed by atoms with van der Waals surface area (Å²) in [5, 5.41) is 10.8. The van der Waals surface area contributed by atoms with E-state index in [4.69, 9.17) is 0 Å². The summed E-state index contributed by atoms with van der Waals surface area (Å²) in [7, 11) is 0. The summed E-state index contributed by atoms with van der Waals surface area (Å²) in [5.74, 6) is 0.0332. The molecule has 0 saturated carbocycles. The van der Waals surface area contributed by atoms with Gasteiger partial charge in [0.1, 0.15) is 0 Å². The van der Waals surface area contributed by atoms with Gasteiger partial charge in [0.2, 0.25) is 5.91 Å². The first-order valence-electron chi connectivity index (χ1n) is 5.33. The second-order valence-electron chi connectivity index (χ2n) is 4.69. The average molecular weight is 220 g/mol. The van der Waals surface area contributed by atoms with E-state index in [0.717, 1.165) is 11.3 Å². The van der Waals surface area contributed by atoms with Crippen molar-refractivity contribution in [2.24, 2.45) is 0 Å². The van der Waals surface area contributed by atoms with Gasteiger partial charge in [0, 0.05) is 17.5 Å². The van der Waals surface area contributed by atoms with E-state index in [1.165, 1.54) is 5.01 Å². The molecule has 4 heteroatoms. The van der Waals surface area contributed by atoms with Crippen LogP contribution < -0.4 is 10.4 Å². The van der Waals surface area contributed by atoms with Gasteiger partial charge in [0.25, 0.3) is 0 Å². The zero-order chi connectivity index (χ0) is 11.8. The summed E-state index contributed by atoms with van der Waals surface area (Å²) in [6.07, 6.45) is 0.465. The number of aliphatic hydroxyl groups excluding tert-OH is 1. The monoisotopic (exact) mass is 220 g/mol. The van der Waals surface area contributed by atoms with E-state index < -0.39 is 0 Å². The van der Waals surface area contributed by atoms with Crippen molar-refractivity contribution < 1.29 is 9.90 Å². The molecule has 4 nitrogen and oxygen atoms in total. The number of carbonyl (C=O) groups is 1. The molecular formula is C12H16N2O2. The topological polar surface area (TPSA) is 52.6 Å². The quantitative estimate of drug-likeness (QED) is 0.787. The van der Waals surface area contributed by atoms with Crippen LogP contribution in [0.3, 0.4) is 0 Å². The number of hydrogen-bond donors (Lipinski definition) is 2. The van der Waals surface area contributed by atoms with Crippen molar-refractivity contribution >= 4 is 11.6 Å². The molecule has 2 N–H and O–H groups in total. The Labute approximate surface area is 94.9 Å². The van der Waals surface area contributed by atoms with Gasteiger partial charge in [-0.05, 0) is 19.9 Å². The molecule has 1 aliphatic rings. The Kier molecular flexibility index (Phi) is 2.69. The highest BCUT2D eigenvalue weighted by atomic mass is 16.3. The van der Waals surface area contributed by atoms with Crippen LogP contribution in [0.1, 0.15) is 25.8 Å². The van der Waals surface area contributed by atoms with E-state index in [2.05, 4.69) is 5.43 Å². The van der Waals surface area contributed by atoms with Gasteiger partial charge in [0.05, 0.1) is 12.3 Å². The Bertz CT molecular complexity index is 415. The number of hydrogen-bond acceptors (Lipinski definition) is 3. The Morgan fingerprint density at radius 1 is 1.44 bits per heavy atom. The smallest absolute Gasteiger partial charge is 0.243 e. The first-order chi connectivity index (χ1) is 7.53. The largest absolute Gasteiger partial charge is 0.392 e. The lowest BCUT2D eigenvalue weighted by Crippen LogP contribution is -2.42. The fraction of sp³-hybridized carbons (Fsp3) is 0.417. The lowest BCUT2D eigenvalue weighted by molar-refractivity contribution is -0.117. The highest BCUT2D eigenvalue weighted by molar-refractivity contribution is 5.96. The molecule has 1 saturated heterocycles. The maximum atomic E-state index is 11.8. The highest BCUT2D eigenvalue weighted by Gasteiger charge is 2.36. The Morgan fingerprint density at radius 3 is 2.69 bits per heavy atom. The van der Waals surface area contributed by atoms with Crippen molar-refractivity contribution in [2.75, 3.05) is 5.01 Å². The molecule has 1 amide bonds. The number of anilines is 1. The van der Waals surface area contributed by atoms with E-state index in [0.29, 0.717) is 6.42 Å². The molecule has 1 aromatic carbocycles. The molecule has 0 radical (unpaired) electrons. The summed E-state index contributed by atoms with van der Waals surface area (Å²) in [4.78, 5) is 11.8. The minimum atomic E-state index is -0.223. The molecule has 2 rings (SSSR count). The fourth-order valence-electron chi connectivity index (χ4n) is 1.92. The molecule has 86 valence electrons. The third-order valence-corrected chi connectivity index (χ3v) is 2.66. The SMILES string of the molecule is CC1(C)CC(=O)N(c2ccccc2CO)N1. The molecule has 0 unspecified atom stereocenters. The molecule has 1 fully saturated rings. The van der Waals surface area contributed by atoms with Crippen LogP contribution >= 0.6 is 0 Å². The summed E-state index contributed by atoms with van der Waals surface area (Å²) < 4.78 is 0. The minimum Gasteiger partial charge on any atom is -0.392 e. The summed E-state index contributed by atoms with van der Waals surface area (Å²) in [5.41, 5.74) is 4.41. The second-order valence-corrected chi connectivity index (χ2v) is 4.69. The molecule has 0 aliphatic carbocycles. The molecule has 0 aromatic heterocycles. The second kappa shape index (κ2) is 3.88. The number of rotatable bonds is 2. The normalized spacial score (nSPS) is 19.2. The average Bonchev–Trinajstić information content (AvgIpc) is 2.52. The van der Waals surface area contributed by atoms with Gasteiger partial charge in [-0.15, -0.1) is 0 Å². The van der Waals surface area contributed by atoms with Gasteiger partial charge in [0.15, 0.2) is 0 Å². The van der Waals surface area contributed by atoms with E-state index in [-0.39, 0.29) is 18.1 Å².